The second-order valence-electron chi connectivity index (χ2n) is 2.37. The van der Waals surface area contributed by atoms with Crippen LogP contribution < -0.4 is 0 Å². The van der Waals surface area contributed by atoms with Crippen molar-refractivity contribution in [2.24, 2.45) is 0 Å². The molecule has 0 saturated carbocycles. The van der Waals surface area contributed by atoms with E-state index in [0.717, 1.165) is 11.5 Å². The predicted octanol–water partition coefficient (Wildman–Crippen LogP) is 3.03. The molecule has 13 heavy (non-hydrogen) atoms. The smallest absolute Gasteiger partial charge is 0.160 e. The highest BCUT2D eigenvalue weighted by molar-refractivity contribution is 5.24. The van der Waals surface area contributed by atoms with Crippen molar-refractivity contribution in [1.29, 1.82) is 0 Å². The van der Waals surface area contributed by atoms with Crippen LogP contribution in [-0.4, -0.2) is 13.7 Å². The van der Waals surface area contributed by atoms with Gasteiger partial charge in [0.05, 0.1) is 13.7 Å². The molecule has 0 aliphatic carbocycles. The van der Waals surface area contributed by atoms with Gasteiger partial charge >= 0.3 is 0 Å². The van der Waals surface area contributed by atoms with E-state index in [1.807, 2.05) is 45.1 Å². The summed E-state index contributed by atoms with van der Waals surface area (Å²) in [7, 11) is 1.64. The third-order valence-electron chi connectivity index (χ3n) is 1.40. The molecule has 0 atom stereocenters. The van der Waals surface area contributed by atoms with E-state index >= 15 is 0 Å². The molecular weight excluding hydrogens is 164 g/mol. The molecule has 0 spiro atoms. The summed E-state index contributed by atoms with van der Waals surface area (Å²) in [4.78, 5) is 0. The van der Waals surface area contributed by atoms with Gasteiger partial charge in [-0.3, -0.25) is 0 Å². The normalized spacial score (nSPS) is 13.5. The van der Waals surface area contributed by atoms with Crippen LogP contribution in [0.15, 0.2) is 35.8 Å². The fourth-order valence-corrected chi connectivity index (χ4v) is 0.910. The number of hydrogen-bond acceptors (Lipinski definition) is 2. The highest BCUT2D eigenvalue weighted by Crippen LogP contribution is 2.10. The standard InChI is InChI=1S/C11H18O2/c1-5-8-10(12-4)11(9-6-2)13-7-3/h5-6,8-9H,7H2,1-4H3/b8-5-,9-6+,11-10-. The monoisotopic (exact) mass is 182 g/mol. The first-order valence-corrected chi connectivity index (χ1v) is 4.46. The predicted molar refractivity (Wildman–Crippen MR) is 55.3 cm³/mol. The molecule has 74 valence electrons. The van der Waals surface area contributed by atoms with Gasteiger partial charge in [-0.15, -0.1) is 0 Å². The molecule has 0 heterocycles. The van der Waals surface area contributed by atoms with Crippen molar-refractivity contribution in [1.82, 2.24) is 0 Å². The van der Waals surface area contributed by atoms with Gasteiger partial charge in [0, 0.05) is 0 Å². The molecule has 0 saturated heterocycles. The topological polar surface area (TPSA) is 18.5 Å². The zero-order chi connectivity index (χ0) is 10.1. The zero-order valence-electron chi connectivity index (χ0n) is 8.83. The van der Waals surface area contributed by atoms with Gasteiger partial charge in [-0.05, 0) is 32.9 Å². The lowest BCUT2D eigenvalue weighted by atomic mass is 10.3. The average molecular weight is 182 g/mol. The molecule has 0 aliphatic heterocycles. The van der Waals surface area contributed by atoms with E-state index in [2.05, 4.69) is 0 Å². The Morgan fingerprint density at radius 3 is 2.00 bits per heavy atom. The SMILES string of the molecule is C\C=C/C(OC)=C(\C=C\C)OCC. The maximum Gasteiger partial charge on any atom is 0.160 e. The van der Waals surface area contributed by atoms with E-state index in [0.29, 0.717) is 6.61 Å². The van der Waals surface area contributed by atoms with E-state index in [1.165, 1.54) is 0 Å². The summed E-state index contributed by atoms with van der Waals surface area (Å²) in [6.07, 6.45) is 7.61. The van der Waals surface area contributed by atoms with E-state index < -0.39 is 0 Å². The van der Waals surface area contributed by atoms with Crippen LogP contribution >= 0.6 is 0 Å². The molecule has 0 radical (unpaired) electrons. The molecule has 0 N–H and O–H groups in total. The van der Waals surface area contributed by atoms with Crippen molar-refractivity contribution in [2.75, 3.05) is 13.7 Å². The highest BCUT2D eigenvalue weighted by atomic mass is 16.5. The zero-order valence-corrected chi connectivity index (χ0v) is 8.83. The van der Waals surface area contributed by atoms with Crippen molar-refractivity contribution in [2.45, 2.75) is 20.8 Å². The summed E-state index contributed by atoms with van der Waals surface area (Å²) in [5, 5.41) is 0. The largest absolute Gasteiger partial charge is 0.493 e. The maximum absolute atomic E-state index is 5.40. The molecular formula is C11H18O2. The molecule has 2 nitrogen and oxygen atoms in total. The second-order valence-corrected chi connectivity index (χ2v) is 2.37. The lowest BCUT2D eigenvalue weighted by molar-refractivity contribution is 0.205. The van der Waals surface area contributed by atoms with Gasteiger partial charge in [-0.2, -0.15) is 0 Å². The van der Waals surface area contributed by atoms with Gasteiger partial charge in [0.25, 0.3) is 0 Å². The highest BCUT2D eigenvalue weighted by Gasteiger charge is 2.00. The third-order valence-corrected chi connectivity index (χ3v) is 1.40. The molecule has 0 bridgehead atoms. The number of hydrogen-bond donors (Lipinski definition) is 0. The van der Waals surface area contributed by atoms with E-state index in [4.69, 9.17) is 9.47 Å². The quantitative estimate of drug-likeness (QED) is 0.480. The van der Waals surface area contributed by atoms with Gasteiger partial charge in [0.1, 0.15) is 0 Å². The lowest BCUT2D eigenvalue weighted by Crippen LogP contribution is -1.95. The van der Waals surface area contributed by atoms with Crippen LogP contribution in [0.4, 0.5) is 0 Å². The van der Waals surface area contributed by atoms with Crippen LogP contribution in [0.5, 0.6) is 0 Å². The van der Waals surface area contributed by atoms with Crippen molar-refractivity contribution >= 4 is 0 Å². The van der Waals surface area contributed by atoms with E-state index in [1.54, 1.807) is 7.11 Å². The average Bonchev–Trinajstić information content (AvgIpc) is 2.14. The minimum absolute atomic E-state index is 0.643. The Balaban J connectivity index is 4.76. The molecule has 0 amide bonds. The van der Waals surface area contributed by atoms with Gasteiger partial charge < -0.3 is 9.47 Å². The molecule has 2 heteroatoms. The Bertz CT molecular complexity index is 212. The minimum Gasteiger partial charge on any atom is -0.493 e. The summed E-state index contributed by atoms with van der Waals surface area (Å²) in [5.41, 5.74) is 0. The second kappa shape index (κ2) is 7.47. The molecule has 0 aliphatic rings. The van der Waals surface area contributed by atoms with Crippen LogP contribution in [0.3, 0.4) is 0 Å². The third kappa shape index (κ3) is 4.41. The first-order valence-electron chi connectivity index (χ1n) is 4.46. The molecule has 0 aromatic carbocycles. The van der Waals surface area contributed by atoms with E-state index in [9.17, 15) is 0 Å². The van der Waals surface area contributed by atoms with Crippen LogP contribution in [0.25, 0.3) is 0 Å². The maximum atomic E-state index is 5.40. The summed E-state index contributed by atoms with van der Waals surface area (Å²) in [6.45, 7) is 6.48. The molecule has 0 unspecified atom stereocenters. The number of rotatable bonds is 5. The fraction of sp³-hybridized carbons (Fsp3) is 0.455. The van der Waals surface area contributed by atoms with Gasteiger partial charge in [0.2, 0.25) is 0 Å². The fourth-order valence-electron chi connectivity index (χ4n) is 0.910. The Morgan fingerprint density at radius 2 is 1.62 bits per heavy atom. The van der Waals surface area contributed by atoms with Crippen LogP contribution in [-0.2, 0) is 9.47 Å². The van der Waals surface area contributed by atoms with Crippen molar-refractivity contribution in [3.63, 3.8) is 0 Å². The Morgan fingerprint density at radius 1 is 1.08 bits per heavy atom. The lowest BCUT2D eigenvalue weighted by Gasteiger charge is -2.08. The Kier molecular flexibility index (Phi) is 6.79. The van der Waals surface area contributed by atoms with Crippen LogP contribution in [0.2, 0.25) is 0 Å². The minimum atomic E-state index is 0.643. The molecule has 0 aromatic heterocycles. The van der Waals surface area contributed by atoms with Crippen molar-refractivity contribution in [3.8, 4) is 0 Å². The molecule has 0 aromatic rings. The van der Waals surface area contributed by atoms with Gasteiger partial charge in [0.15, 0.2) is 11.5 Å². The first-order chi connectivity index (χ1) is 6.29. The van der Waals surface area contributed by atoms with E-state index in [-0.39, 0.29) is 0 Å². The Labute approximate surface area is 80.5 Å². The van der Waals surface area contributed by atoms with Crippen LogP contribution in [0.1, 0.15) is 20.8 Å². The van der Waals surface area contributed by atoms with Gasteiger partial charge in [-0.1, -0.05) is 12.2 Å². The molecule has 0 fully saturated rings. The van der Waals surface area contributed by atoms with Crippen molar-refractivity contribution in [3.05, 3.63) is 35.8 Å². The summed E-state index contributed by atoms with van der Waals surface area (Å²) in [5.74, 6) is 1.52. The molecule has 0 rings (SSSR count). The number of ether oxygens (including phenoxy) is 2. The Hall–Kier alpha value is -1.18. The van der Waals surface area contributed by atoms with Crippen molar-refractivity contribution < 1.29 is 9.47 Å². The number of methoxy groups -OCH3 is 1. The summed E-state index contributed by atoms with van der Waals surface area (Å²) < 4.78 is 10.6. The van der Waals surface area contributed by atoms with Crippen LogP contribution in [0, 0.1) is 0 Å². The summed E-state index contributed by atoms with van der Waals surface area (Å²) >= 11 is 0. The summed E-state index contributed by atoms with van der Waals surface area (Å²) in [6, 6.07) is 0. The first kappa shape index (κ1) is 11.8. The number of allylic oxidation sites excluding steroid dienone is 4. The van der Waals surface area contributed by atoms with Gasteiger partial charge in [-0.25, -0.2) is 0 Å².